The fourth-order valence-corrected chi connectivity index (χ4v) is 2.99. The molecular weight excluding hydrogens is 384 g/mol. The lowest BCUT2D eigenvalue weighted by atomic mass is 10.0. The molecule has 30 heavy (non-hydrogen) atoms. The van der Waals surface area contributed by atoms with Gasteiger partial charge in [0, 0.05) is 12.0 Å². The van der Waals surface area contributed by atoms with E-state index in [0.717, 1.165) is 11.1 Å². The third-order valence-electron chi connectivity index (χ3n) is 4.62. The molecule has 0 radical (unpaired) electrons. The van der Waals surface area contributed by atoms with Gasteiger partial charge in [-0.05, 0) is 24.1 Å². The van der Waals surface area contributed by atoms with Gasteiger partial charge in [0.2, 0.25) is 0 Å². The van der Waals surface area contributed by atoms with Crippen molar-refractivity contribution in [1.29, 1.82) is 0 Å². The zero-order chi connectivity index (χ0) is 21.5. The van der Waals surface area contributed by atoms with Gasteiger partial charge in [-0.1, -0.05) is 54.6 Å². The van der Waals surface area contributed by atoms with Crippen molar-refractivity contribution < 1.29 is 28.3 Å². The minimum atomic E-state index is -0.516. The minimum absolute atomic E-state index is 0.0389. The number of benzene rings is 2. The van der Waals surface area contributed by atoms with Crippen molar-refractivity contribution in [3.63, 3.8) is 0 Å². The van der Waals surface area contributed by atoms with E-state index in [0.29, 0.717) is 17.1 Å². The molecule has 0 spiro atoms. The second-order valence-electron chi connectivity index (χ2n) is 6.70. The van der Waals surface area contributed by atoms with Crippen LogP contribution in [-0.4, -0.2) is 24.8 Å². The summed E-state index contributed by atoms with van der Waals surface area (Å²) in [6.07, 6.45) is 0.0108. The average Bonchev–Trinajstić information content (AvgIpc) is 3.16. The Morgan fingerprint density at radius 1 is 0.900 bits per heavy atom. The fourth-order valence-electron chi connectivity index (χ4n) is 2.99. The van der Waals surface area contributed by atoms with Gasteiger partial charge >= 0.3 is 11.9 Å². The molecule has 3 aromatic rings. The number of hydrogen-bond donors (Lipinski definition) is 0. The summed E-state index contributed by atoms with van der Waals surface area (Å²) in [5, 5.41) is 0. The van der Waals surface area contributed by atoms with Gasteiger partial charge in [-0.25, -0.2) is 4.79 Å². The van der Waals surface area contributed by atoms with Crippen LogP contribution in [0.1, 0.15) is 45.1 Å². The molecule has 0 atom stereocenters. The summed E-state index contributed by atoms with van der Waals surface area (Å²) in [4.78, 5) is 35.9. The van der Waals surface area contributed by atoms with Crippen LogP contribution in [0, 0.1) is 6.92 Å². The molecule has 0 aliphatic carbocycles. The molecule has 1 heterocycles. The molecule has 0 N–H and O–H groups in total. The quantitative estimate of drug-likeness (QED) is 0.397. The lowest BCUT2D eigenvalue weighted by molar-refractivity contribution is -0.145. The molecule has 0 bridgehead atoms. The summed E-state index contributed by atoms with van der Waals surface area (Å²) >= 11 is 0. The minimum Gasteiger partial charge on any atom is -0.465 e. The fraction of sp³-hybridized carbons (Fsp3) is 0.208. The van der Waals surface area contributed by atoms with E-state index in [1.54, 1.807) is 19.1 Å². The first-order chi connectivity index (χ1) is 14.5. The normalized spacial score (nSPS) is 10.5. The molecule has 0 aliphatic rings. The molecule has 3 rings (SSSR count). The molecule has 0 unspecified atom stereocenters. The first kappa shape index (κ1) is 21.0. The van der Waals surface area contributed by atoms with Crippen molar-refractivity contribution in [2.75, 3.05) is 7.11 Å². The summed E-state index contributed by atoms with van der Waals surface area (Å²) in [7, 11) is 1.28. The van der Waals surface area contributed by atoms with Gasteiger partial charge < -0.3 is 13.9 Å². The monoisotopic (exact) mass is 406 g/mol. The Kier molecular flexibility index (Phi) is 6.80. The van der Waals surface area contributed by atoms with Gasteiger partial charge in [0.15, 0.2) is 5.78 Å². The number of carbonyl (C=O) groups is 3. The Labute approximate surface area is 174 Å². The molecule has 0 saturated carbocycles. The first-order valence-electron chi connectivity index (χ1n) is 9.50. The van der Waals surface area contributed by atoms with E-state index >= 15 is 0 Å². The van der Waals surface area contributed by atoms with Crippen molar-refractivity contribution in [3.05, 3.63) is 83.3 Å². The predicted octanol–water partition coefficient (Wildman–Crippen LogP) is 4.75. The highest BCUT2D eigenvalue weighted by Crippen LogP contribution is 2.20. The molecule has 0 amide bonds. The Morgan fingerprint density at radius 3 is 2.23 bits per heavy atom. The van der Waals surface area contributed by atoms with Crippen LogP contribution in [-0.2, 0) is 20.9 Å². The van der Waals surface area contributed by atoms with Crippen molar-refractivity contribution in [2.45, 2.75) is 26.4 Å². The molecule has 154 valence electrons. The first-order valence-corrected chi connectivity index (χ1v) is 9.50. The number of ether oxygens (including phenoxy) is 2. The zero-order valence-electron chi connectivity index (χ0n) is 16.8. The van der Waals surface area contributed by atoms with E-state index in [1.165, 1.54) is 13.2 Å². The summed E-state index contributed by atoms with van der Waals surface area (Å²) in [5.41, 5.74) is 2.93. The Hall–Kier alpha value is -3.67. The maximum atomic E-state index is 12.3. The van der Waals surface area contributed by atoms with Crippen LogP contribution in [0.5, 0.6) is 0 Å². The van der Waals surface area contributed by atoms with Crippen molar-refractivity contribution in [3.8, 4) is 11.1 Å². The summed E-state index contributed by atoms with van der Waals surface area (Å²) < 4.78 is 15.2. The van der Waals surface area contributed by atoms with Crippen molar-refractivity contribution >= 4 is 17.7 Å². The molecule has 6 heteroatoms. The molecule has 1 aromatic heterocycles. The number of carbonyl (C=O) groups excluding carboxylic acids is 3. The highest BCUT2D eigenvalue weighted by atomic mass is 16.5. The van der Waals surface area contributed by atoms with Crippen LogP contribution < -0.4 is 0 Å². The van der Waals surface area contributed by atoms with Gasteiger partial charge in [-0.2, -0.15) is 0 Å². The smallest absolute Gasteiger partial charge is 0.341 e. The van der Waals surface area contributed by atoms with E-state index in [1.807, 2.05) is 42.5 Å². The van der Waals surface area contributed by atoms with Gasteiger partial charge in [-0.15, -0.1) is 0 Å². The number of rotatable bonds is 8. The van der Waals surface area contributed by atoms with Gasteiger partial charge in [0.05, 0.1) is 13.5 Å². The largest absolute Gasteiger partial charge is 0.465 e. The number of hydrogen-bond acceptors (Lipinski definition) is 6. The third-order valence-corrected chi connectivity index (χ3v) is 4.62. The Morgan fingerprint density at radius 2 is 1.57 bits per heavy atom. The van der Waals surface area contributed by atoms with Crippen LogP contribution in [0.4, 0.5) is 0 Å². The van der Waals surface area contributed by atoms with Gasteiger partial charge in [-0.3, -0.25) is 9.59 Å². The molecule has 6 nitrogen and oxygen atoms in total. The standard InChI is InChI=1S/C24H22O6/c1-16-21(24(27)28-2)14-20(30-16)15-29-23(26)13-12-22(25)19-10-8-18(9-11-19)17-6-4-3-5-7-17/h3-11,14H,12-13,15H2,1-2H3. The topological polar surface area (TPSA) is 82.8 Å². The highest BCUT2D eigenvalue weighted by molar-refractivity contribution is 5.98. The number of aryl methyl sites for hydroxylation is 1. The van der Waals surface area contributed by atoms with Crippen LogP contribution in [0.15, 0.2) is 65.1 Å². The van der Waals surface area contributed by atoms with Crippen LogP contribution in [0.25, 0.3) is 11.1 Å². The van der Waals surface area contributed by atoms with E-state index in [4.69, 9.17) is 9.15 Å². The molecule has 0 fully saturated rings. The third kappa shape index (κ3) is 5.23. The summed E-state index contributed by atoms with van der Waals surface area (Å²) in [6.45, 7) is 1.51. The van der Waals surface area contributed by atoms with E-state index < -0.39 is 11.9 Å². The SMILES string of the molecule is COC(=O)c1cc(COC(=O)CCC(=O)c2ccc(-c3ccccc3)cc2)oc1C. The Balaban J connectivity index is 1.49. The van der Waals surface area contributed by atoms with Crippen LogP contribution in [0.3, 0.4) is 0 Å². The highest BCUT2D eigenvalue weighted by Gasteiger charge is 2.17. The number of esters is 2. The summed E-state index contributed by atoms with van der Waals surface area (Å²) in [6, 6.07) is 18.6. The summed E-state index contributed by atoms with van der Waals surface area (Å²) in [5.74, 6) is -0.435. The van der Waals surface area contributed by atoms with E-state index in [2.05, 4.69) is 4.74 Å². The van der Waals surface area contributed by atoms with Gasteiger partial charge in [0.25, 0.3) is 0 Å². The van der Waals surface area contributed by atoms with Crippen LogP contribution >= 0.6 is 0 Å². The molecule has 2 aromatic carbocycles. The molecule has 0 saturated heterocycles. The number of Topliss-reactive ketones (excluding diaryl/α,β-unsaturated/α-hetero) is 1. The Bertz CT molecular complexity index is 1030. The number of methoxy groups -OCH3 is 1. The van der Waals surface area contributed by atoms with Crippen molar-refractivity contribution in [2.24, 2.45) is 0 Å². The zero-order valence-corrected chi connectivity index (χ0v) is 16.8. The van der Waals surface area contributed by atoms with Crippen molar-refractivity contribution in [1.82, 2.24) is 0 Å². The second-order valence-corrected chi connectivity index (χ2v) is 6.70. The second kappa shape index (κ2) is 9.69. The maximum absolute atomic E-state index is 12.3. The maximum Gasteiger partial charge on any atom is 0.341 e. The van der Waals surface area contributed by atoms with Gasteiger partial charge in [0.1, 0.15) is 23.7 Å². The van der Waals surface area contributed by atoms with E-state index in [9.17, 15) is 14.4 Å². The average molecular weight is 406 g/mol. The number of furan rings is 1. The number of ketones is 1. The lowest BCUT2D eigenvalue weighted by Crippen LogP contribution is -2.08. The van der Waals surface area contributed by atoms with E-state index in [-0.39, 0.29) is 30.8 Å². The molecular formula is C24H22O6. The van der Waals surface area contributed by atoms with Crippen LogP contribution in [0.2, 0.25) is 0 Å². The predicted molar refractivity (Wildman–Crippen MR) is 110 cm³/mol. The lowest BCUT2D eigenvalue weighted by Gasteiger charge is -2.05. The molecule has 0 aliphatic heterocycles.